The van der Waals surface area contributed by atoms with E-state index < -0.39 is 11.4 Å². The van der Waals surface area contributed by atoms with Crippen molar-refractivity contribution in [2.75, 3.05) is 18.0 Å². The Hall–Kier alpha value is -2.31. The van der Waals surface area contributed by atoms with Crippen LogP contribution >= 0.6 is 0 Å². The van der Waals surface area contributed by atoms with E-state index in [2.05, 4.69) is 22.9 Å². The number of aliphatic hydroxyl groups excluding tert-OH is 1. The van der Waals surface area contributed by atoms with Gasteiger partial charge in [-0.15, -0.1) is 0 Å². The number of hydrogen-bond acceptors (Lipinski definition) is 4. The summed E-state index contributed by atoms with van der Waals surface area (Å²) >= 11 is 0. The quantitative estimate of drug-likeness (QED) is 0.715. The SMILES string of the molecule is C[C@@H]1[C@H]2C[C@@H]3N(CC[C@@]34C(=O)N(c3ccc(F)nc3)c3ccccc34)C[C@@H]2CC[C@@H]1O. The lowest BCUT2D eigenvalue weighted by molar-refractivity contribution is -0.125. The van der Waals surface area contributed by atoms with E-state index in [-0.39, 0.29) is 24.0 Å². The monoisotopic (exact) mass is 421 g/mol. The normalized spacial score (nSPS) is 37.1. The molecule has 3 aliphatic heterocycles. The van der Waals surface area contributed by atoms with Crippen LogP contribution in [0.4, 0.5) is 15.8 Å². The first-order valence-electron chi connectivity index (χ1n) is 11.5. The highest BCUT2D eigenvalue weighted by molar-refractivity contribution is 6.13. The lowest BCUT2D eigenvalue weighted by Crippen LogP contribution is -2.56. The fourth-order valence-electron chi connectivity index (χ4n) is 7.08. The number of hydrogen-bond donors (Lipinski definition) is 1. The molecule has 0 radical (unpaired) electrons. The van der Waals surface area contributed by atoms with Crippen LogP contribution in [0.1, 0.15) is 38.2 Å². The van der Waals surface area contributed by atoms with Crippen molar-refractivity contribution in [3.8, 4) is 0 Å². The van der Waals surface area contributed by atoms with Crippen molar-refractivity contribution in [1.29, 1.82) is 0 Å². The Bertz CT molecular complexity index is 1030. The molecule has 1 aromatic carbocycles. The second-order valence-electron chi connectivity index (χ2n) is 9.89. The zero-order valence-corrected chi connectivity index (χ0v) is 17.7. The summed E-state index contributed by atoms with van der Waals surface area (Å²) in [5, 5.41) is 10.5. The molecule has 3 fully saturated rings. The average Bonchev–Trinajstić information content (AvgIpc) is 3.28. The van der Waals surface area contributed by atoms with Gasteiger partial charge >= 0.3 is 0 Å². The Morgan fingerprint density at radius 3 is 2.84 bits per heavy atom. The van der Waals surface area contributed by atoms with Crippen LogP contribution in [0.15, 0.2) is 42.6 Å². The molecule has 0 bridgehead atoms. The molecule has 4 aliphatic rings. The minimum absolute atomic E-state index is 0.0806. The van der Waals surface area contributed by atoms with E-state index in [1.54, 1.807) is 11.0 Å². The number of pyridine rings is 1. The van der Waals surface area contributed by atoms with E-state index in [0.29, 0.717) is 17.5 Å². The van der Waals surface area contributed by atoms with E-state index >= 15 is 0 Å². The molecule has 1 spiro atoms. The zero-order valence-electron chi connectivity index (χ0n) is 17.7. The maximum absolute atomic E-state index is 14.2. The van der Waals surface area contributed by atoms with Crippen LogP contribution < -0.4 is 4.90 Å². The third-order valence-corrected chi connectivity index (χ3v) is 8.67. The van der Waals surface area contributed by atoms with Crippen molar-refractivity contribution in [2.45, 2.75) is 50.2 Å². The smallest absolute Gasteiger partial charge is 0.243 e. The van der Waals surface area contributed by atoms with Gasteiger partial charge < -0.3 is 5.11 Å². The van der Waals surface area contributed by atoms with Gasteiger partial charge in [-0.25, -0.2) is 4.98 Å². The first-order chi connectivity index (χ1) is 15.0. The fraction of sp³-hybridized carbons (Fsp3) is 0.520. The van der Waals surface area contributed by atoms with Gasteiger partial charge in [0.15, 0.2) is 0 Å². The number of fused-ring (bicyclic) bond motifs is 5. The Kier molecular flexibility index (Phi) is 4.28. The number of benzene rings is 1. The van der Waals surface area contributed by atoms with Gasteiger partial charge in [-0.1, -0.05) is 25.1 Å². The van der Waals surface area contributed by atoms with Crippen molar-refractivity contribution in [2.24, 2.45) is 17.8 Å². The summed E-state index contributed by atoms with van der Waals surface area (Å²) in [5.74, 6) is 0.851. The first-order valence-corrected chi connectivity index (χ1v) is 11.5. The Balaban J connectivity index is 1.43. The topological polar surface area (TPSA) is 56.7 Å². The molecular formula is C25H28FN3O2. The standard InChI is InChI=1S/C25H28FN3O2/c1-15-18-12-22-25(10-11-28(22)14-16(18)6-8-21(15)30)19-4-2-3-5-20(19)29(24(25)31)17-7-9-23(26)27-13-17/h2-5,7,9,13,15-16,18,21-22,30H,6,8,10-12,14H2,1H3/t15-,16+,18-,21+,22+,25+/m1/s1. The number of rotatable bonds is 1. The maximum Gasteiger partial charge on any atom is 0.243 e. The number of piperidine rings is 1. The third-order valence-electron chi connectivity index (χ3n) is 8.67. The Morgan fingerprint density at radius 2 is 2.03 bits per heavy atom. The van der Waals surface area contributed by atoms with Gasteiger partial charge in [-0.2, -0.15) is 4.39 Å². The summed E-state index contributed by atoms with van der Waals surface area (Å²) in [6.45, 7) is 4.11. The van der Waals surface area contributed by atoms with Crippen molar-refractivity contribution in [1.82, 2.24) is 9.88 Å². The summed E-state index contributed by atoms with van der Waals surface area (Å²) in [6, 6.07) is 11.1. The number of aromatic nitrogens is 1. The predicted molar refractivity (Wildman–Crippen MR) is 115 cm³/mol. The zero-order chi connectivity index (χ0) is 21.3. The van der Waals surface area contributed by atoms with Crippen LogP contribution in [-0.2, 0) is 10.2 Å². The van der Waals surface area contributed by atoms with Crippen LogP contribution in [0.2, 0.25) is 0 Å². The van der Waals surface area contributed by atoms with Gasteiger partial charge in [0, 0.05) is 12.6 Å². The summed E-state index contributed by atoms with van der Waals surface area (Å²) < 4.78 is 13.5. The lowest BCUT2D eigenvalue weighted by Gasteiger charge is -2.50. The molecule has 2 aromatic rings. The van der Waals surface area contributed by atoms with Crippen LogP contribution in [0.3, 0.4) is 0 Å². The number of anilines is 2. The Morgan fingerprint density at radius 1 is 1.19 bits per heavy atom. The molecule has 1 aromatic heterocycles. The number of halogens is 1. The third kappa shape index (κ3) is 2.61. The minimum atomic E-state index is -0.585. The predicted octanol–water partition coefficient (Wildman–Crippen LogP) is 3.64. The second-order valence-corrected chi connectivity index (χ2v) is 9.89. The van der Waals surface area contributed by atoms with Gasteiger partial charge in [0.2, 0.25) is 11.9 Å². The van der Waals surface area contributed by atoms with Gasteiger partial charge in [-0.3, -0.25) is 14.6 Å². The molecule has 31 heavy (non-hydrogen) atoms. The molecule has 1 amide bonds. The van der Waals surface area contributed by atoms with Crippen LogP contribution in [0.5, 0.6) is 0 Å². The van der Waals surface area contributed by atoms with Crippen LogP contribution in [-0.4, -0.2) is 46.1 Å². The average molecular weight is 422 g/mol. The highest BCUT2D eigenvalue weighted by Crippen LogP contribution is 2.57. The molecule has 6 atom stereocenters. The molecule has 6 rings (SSSR count). The molecular weight excluding hydrogens is 393 g/mol. The lowest BCUT2D eigenvalue weighted by atomic mass is 9.62. The van der Waals surface area contributed by atoms with Crippen LogP contribution in [0, 0.1) is 23.7 Å². The van der Waals surface area contributed by atoms with E-state index in [9.17, 15) is 14.3 Å². The van der Waals surface area contributed by atoms with Gasteiger partial charge in [-0.05, 0) is 73.7 Å². The van der Waals surface area contributed by atoms with E-state index in [0.717, 1.165) is 50.0 Å². The summed E-state index contributed by atoms with van der Waals surface area (Å²) in [4.78, 5) is 22.2. The largest absolute Gasteiger partial charge is 0.393 e. The molecule has 1 N–H and O–H groups in total. The molecule has 1 saturated carbocycles. The summed E-state index contributed by atoms with van der Waals surface area (Å²) in [5.41, 5.74) is 2.00. The number of carbonyl (C=O) groups excluding carboxylic acids is 1. The number of carbonyl (C=O) groups is 1. The van der Waals surface area contributed by atoms with E-state index in [1.165, 1.54) is 12.3 Å². The van der Waals surface area contributed by atoms with Crippen molar-refractivity contribution >= 4 is 17.3 Å². The van der Waals surface area contributed by atoms with E-state index in [4.69, 9.17) is 0 Å². The highest BCUT2D eigenvalue weighted by atomic mass is 19.1. The van der Waals surface area contributed by atoms with Gasteiger partial charge in [0.05, 0.1) is 29.1 Å². The maximum atomic E-state index is 14.2. The minimum Gasteiger partial charge on any atom is -0.393 e. The van der Waals surface area contributed by atoms with E-state index in [1.807, 2.05) is 18.2 Å². The van der Waals surface area contributed by atoms with Crippen molar-refractivity contribution in [3.05, 3.63) is 54.1 Å². The van der Waals surface area contributed by atoms with Gasteiger partial charge in [0.25, 0.3) is 0 Å². The fourth-order valence-corrected chi connectivity index (χ4v) is 7.08. The van der Waals surface area contributed by atoms with Crippen LogP contribution in [0.25, 0.3) is 0 Å². The molecule has 1 aliphatic carbocycles. The summed E-state index contributed by atoms with van der Waals surface area (Å²) in [6.07, 6.45) is 4.92. The first kappa shape index (κ1) is 19.4. The number of aliphatic hydroxyl groups is 1. The highest BCUT2D eigenvalue weighted by Gasteiger charge is 2.62. The molecule has 5 nitrogen and oxygen atoms in total. The number of nitrogens with zero attached hydrogens (tertiary/aromatic N) is 3. The van der Waals surface area contributed by atoms with Crippen molar-refractivity contribution < 1.29 is 14.3 Å². The molecule has 4 heterocycles. The second kappa shape index (κ2) is 6.84. The van der Waals surface area contributed by atoms with Crippen molar-refractivity contribution in [3.63, 3.8) is 0 Å². The number of para-hydroxylation sites is 1. The molecule has 2 saturated heterocycles. The molecule has 6 heteroatoms. The number of amides is 1. The molecule has 0 unspecified atom stereocenters. The summed E-state index contributed by atoms with van der Waals surface area (Å²) in [7, 11) is 0. The molecule has 162 valence electrons. The Labute approximate surface area is 181 Å². The van der Waals surface area contributed by atoms with Gasteiger partial charge in [0.1, 0.15) is 0 Å².